The lowest BCUT2D eigenvalue weighted by molar-refractivity contribution is 0.108. The van der Waals surface area contributed by atoms with Crippen molar-refractivity contribution in [3.63, 3.8) is 0 Å². The van der Waals surface area contributed by atoms with Crippen molar-refractivity contribution in [3.8, 4) is 5.75 Å². The highest BCUT2D eigenvalue weighted by atomic mass is 16.5. The molecular weight excluding hydrogens is 310 g/mol. The molecule has 0 aliphatic heterocycles. The Balaban J connectivity index is 1.44. The zero-order valence-corrected chi connectivity index (χ0v) is 15.0. The Morgan fingerprint density at radius 1 is 1.00 bits per heavy atom. The molecule has 1 unspecified atom stereocenters. The molecule has 0 bridgehead atoms. The lowest BCUT2D eigenvalue weighted by Gasteiger charge is -2.27. The zero-order valence-electron chi connectivity index (χ0n) is 15.0. The van der Waals surface area contributed by atoms with Gasteiger partial charge in [0.15, 0.2) is 0 Å². The molecule has 3 heteroatoms. The molecule has 0 heterocycles. The molecule has 0 radical (unpaired) electrons. The summed E-state index contributed by atoms with van der Waals surface area (Å²) in [6.07, 6.45) is 4.10. The van der Waals surface area contributed by atoms with Crippen LogP contribution >= 0.6 is 0 Å². The molecule has 1 atom stereocenters. The predicted octanol–water partition coefficient (Wildman–Crippen LogP) is 4.47. The summed E-state index contributed by atoms with van der Waals surface area (Å²) in [5.74, 6) is 1.60. The van der Waals surface area contributed by atoms with Crippen molar-refractivity contribution >= 4 is 0 Å². The van der Waals surface area contributed by atoms with Crippen molar-refractivity contribution < 1.29 is 9.84 Å². The van der Waals surface area contributed by atoms with Crippen LogP contribution in [0.2, 0.25) is 0 Å². The molecule has 0 amide bonds. The Bertz CT molecular complexity index is 618. The highest BCUT2D eigenvalue weighted by molar-refractivity contribution is 5.29. The summed E-state index contributed by atoms with van der Waals surface area (Å²) in [7, 11) is 0. The molecule has 3 nitrogen and oxygen atoms in total. The Morgan fingerprint density at radius 2 is 1.68 bits per heavy atom. The first kappa shape index (κ1) is 18.0. The molecule has 2 aromatic carbocycles. The van der Waals surface area contributed by atoms with Crippen molar-refractivity contribution in [2.75, 3.05) is 6.54 Å². The molecule has 3 rings (SSSR count). The molecule has 134 valence electrons. The molecule has 2 aromatic rings. The van der Waals surface area contributed by atoms with Crippen molar-refractivity contribution in [1.82, 2.24) is 5.32 Å². The summed E-state index contributed by atoms with van der Waals surface area (Å²) in [5.41, 5.74) is 2.46. The smallest absolute Gasteiger partial charge is 0.119 e. The number of nitrogens with one attached hydrogen (secondary N) is 1. The second kappa shape index (κ2) is 9.02. The van der Waals surface area contributed by atoms with E-state index in [1.807, 2.05) is 30.3 Å². The second-order valence-corrected chi connectivity index (χ2v) is 7.15. The summed E-state index contributed by atoms with van der Waals surface area (Å²) >= 11 is 0. The van der Waals surface area contributed by atoms with Gasteiger partial charge in [0.1, 0.15) is 12.4 Å². The van der Waals surface area contributed by atoms with Gasteiger partial charge in [-0.25, -0.2) is 0 Å². The maximum Gasteiger partial charge on any atom is 0.119 e. The molecular formula is C22H29NO2. The first-order chi connectivity index (χ1) is 12.2. The molecule has 0 spiro atoms. The topological polar surface area (TPSA) is 41.5 Å². The molecule has 2 N–H and O–H groups in total. The maximum absolute atomic E-state index is 9.59. The van der Waals surface area contributed by atoms with E-state index in [1.165, 1.54) is 11.1 Å². The average molecular weight is 339 g/mol. The van der Waals surface area contributed by atoms with Gasteiger partial charge in [0.2, 0.25) is 0 Å². The maximum atomic E-state index is 9.59. The fourth-order valence-electron chi connectivity index (χ4n) is 3.40. The standard InChI is InChI=1S/C22H29NO2/c1-17(23-15-18-7-11-21(24)12-8-18)20-9-13-22(14-10-20)25-16-19-5-3-2-4-6-19/h2-6,9-10,13-14,17-18,21,23-24H,7-8,11-12,15-16H2,1H3. The number of aliphatic hydroxyl groups excluding tert-OH is 1. The van der Waals surface area contributed by atoms with Crippen LogP contribution in [0.4, 0.5) is 0 Å². The van der Waals surface area contributed by atoms with Gasteiger partial charge in [0, 0.05) is 6.04 Å². The minimum absolute atomic E-state index is 0.0721. The number of hydrogen-bond acceptors (Lipinski definition) is 3. The van der Waals surface area contributed by atoms with Gasteiger partial charge in [-0.15, -0.1) is 0 Å². The number of ether oxygens (including phenoxy) is 1. The van der Waals surface area contributed by atoms with Crippen LogP contribution in [-0.4, -0.2) is 17.8 Å². The van der Waals surface area contributed by atoms with E-state index in [0.717, 1.165) is 38.0 Å². The minimum atomic E-state index is -0.0721. The van der Waals surface area contributed by atoms with Gasteiger partial charge in [-0.1, -0.05) is 42.5 Å². The summed E-state index contributed by atoms with van der Waals surface area (Å²) in [4.78, 5) is 0. The van der Waals surface area contributed by atoms with E-state index in [9.17, 15) is 5.11 Å². The number of aliphatic hydroxyl groups is 1. The first-order valence-electron chi connectivity index (χ1n) is 9.39. The summed E-state index contributed by atoms with van der Waals surface area (Å²) in [6, 6.07) is 18.9. The van der Waals surface area contributed by atoms with Gasteiger partial charge in [-0.2, -0.15) is 0 Å². The van der Waals surface area contributed by atoms with E-state index in [2.05, 4.69) is 36.5 Å². The van der Waals surface area contributed by atoms with Crippen molar-refractivity contribution in [3.05, 3.63) is 65.7 Å². The first-order valence-corrected chi connectivity index (χ1v) is 9.39. The number of hydrogen-bond donors (Lipinski definition) is 2. The van der Waals surface area contributed by atoms with Gasteiger partial charge >= 0.3 is 0 Å². The van der Waals surface area contributed by atoms with E-state index in [1.54, 1.807) is 0 Å². The van der Waals surface area contributed by atoms with Crippen LogP contribution in [0.25, 0.3) is 0 Å². The third kappa shape index (κ3) is 5.58. The van der Waals surface area contributed by atoms with Gasteiger partial charge < -0.3 is 15.2 Å². The summed E-state index contributed by atoms with van der Waals surface area (Å²) in [6.45, 7) is 3.83. The number of rotatable bonds is 7. The van der Waals surface area contributed by atoms with Crippen molar-refractivity contribution in [2.45, 2.75) is 51.4 Å². The normalized spacial score (nSPS) is 21.7. The molecule has 0 aromatic heterocycles. The van der Waals surface area contributed by atoms with Crippen LogP contribution in [0.1, 0.15) is 49.8 Å². The third-order valence-electron chi connectivity index (χ3n) is 5.16. The van der Waals surface area contributed by atoms with Gasteiger partial charge in [0.25, 0.3) is 0 Å². The highest BCUT2D eigenvalue weighted by Crippen LogP contribution is 2.25. The second-order valence-electron chi connectivity index (χ2n) is 7.15. The van der Waals surface area contributed by atoms with Gasteiger partial charge in [0.05, 0.1) is 6.10 Å². The van der Waals surface area contributed by atoms with E-state index >= 15 is 0 Å². The molecule has 1 aliphatic carbocycles. The number of benzene rings is 2. The predicted molar refractivity (Wildman–Crippen MR) is 102 cm³/mol. The van der Waals surface area contributed by atoms with E-state index in [-0.39, 0.29) is 6.10 Å². The molecule has 0 saturated heterocycles. The summed E-state index contributed by atoms with van der Waals surface area (Å²) < 4.78 is 5.85. The largest absolute Gasteiger partial charge is 0.489 e. The SMILES string of the molecule is CC(NCC1CCC(O)CC1)c1ccc(OCc2ccccc2)cc1. The molecule has 1 saturated carbocycles. The van der Waals surface area contributed by atoms with Crippen LogP contribution in [0.3, 0.4) is 0 Å². The Morgan fingerprint density at radius 3 is 2.36 bits per heavy atom. The Labute approximate surface area is 151 Å². The zero-order chi connectivity index (χ0) is 17.5. The van der Waals surface area contributed by atoms with E-state index in [0.29, 0.717) is 18.6 Å². The lowest BCUT2D eigenvalue weighted by Crippen LogP contribution is -2.29. The minimum Gasteiger partial charge on any atom is -0.489 e. The van der Waals surface area contributed by atoms with Crippen LogP contribution in [0.15, 0.2) is 54.6 Å². The average Bonchev–Trinajstić information content (AvgIpc) is 2.67. The van der Waals surface area contributed by atoms with E-state index < -0.39 is 0 Å². The van der Waals surface area contributed by atoms with Gasteiger partial charge in [-0.05, 0) is 68.3 Å². The Hall–Kier alpha value is -1.84. The highest BCUT2D eigenvalue weighted by Gasteiger charge is 2.19. The Kier molecular flexibility index (Phi) is 6.48. The third-order valence-corrected chi connectivity index (χ3v) is 5.16. The molecule has 1 aliphatic rings. The van der Waals surface area contributed by atoms with Crippen molar-refractivity contribution in [2.24, 2.45) is 5.92 Å². The van der Waals surface area contributed by atoms with Crippen LogP contribution in [0.5, 0.6) is 5.75 Å². The van der Waals surface area contributed by atoms with Crippen LogP contribution in [0, 0.1) is 5.92 Å². The summed E-state index contributed by atoms with van der Waals surface area (Å²) in [5, 5.41) is 13.2. The lowest BCUT2D eigenvalue weighted by atomic mass is 9.87. The van der Waals surface area contributed by atoms with Crippen LogP contribution in [-0.2, 0) is 6.61 Å². The van der Waals surface area contributed by atoms with E-state index in [4.69, 9.17) is 4.74 Å². The quantitative estimate of drug-likeness (QED) is 0.782. The fraction of sp³-hybridized carbons (Fsp3) is 0.455. The van der Waals surface area contributed by atoms with Crippen molar-refractivity contribution in [1.29, 1.82) is 0 Å². The molecule has 25 heavy (non-hydrogen) atoms. The monoisotopic (exact) mass is 339 g/mol. The fourth-order valence-corrected chi connectivity index (χ4v) is 3.40. The molecule has 1 fully saturated rings. The van der Waals surface area contributed by atoms with Crippen LogP contribution < -0.4 is 10.1 Å². The van der Waals surface area contributed by atoms with Gasteiger partial charge in [-0.3, -0.25) is 0 Å².